The van der Waals surface area contributed by atoms with Crippen LogP contribution in [0, 0.1) is 0 Å². The van der Waals surface area contributed by atoms with E-state index in [0.717, 1.165) is 11.3 Å². The average Bonchev–Trinajstić information content (AvgIpc) is 2.96. The minimum Gasteiger partial charge on any atom is -0.351 e. The van der Waals surface area contributed by atoms with E-state index in [1.54, 1.807) is 0 Å². The van der Waals surface area contributed by atoms with Crippen molar-refractivity contribution in [3.8, 4) is 0 Å². The highest BCUT2D eigenvalue weighted by Gasteiger charge is 2.14. The van der Waals surface area contributed by atoms with Crippen LogP contribution in [-0.2, 0) is 0 Å². The van der Waals surface area contributed by atoms with Gasteiger partial charge in [-0.05, 0) is 31.0 Å². The van der Waals surface area contributed by atoms with E-state index in [2.05, 4.69) is 28.0 Å². The first-order valence-corrected chi connectivity index (χ1v) is 7.67. The molecule has 1 saturated carbocycles. The van der Waals surface area contributed by atoms with E-state index in [0.29, 0.717) is 11.1 Å². The Hall–Kier alpha value is -1.54. The van der Waals surface area contributed by atoms with Gasteiger partial charge >= 0.3 is 0 Å². The molecule has 2 nitrogen and oxygen atoms in total. The zero-order chi connectivity index (χ0) is 13.8. The second kappa shape index (κ2) is 6.27. The first kappa shape index (κ1) is 13.4. The van der Waals surface area contributed by atoms with E-state index in [4.69, 9.17) is 11.6 Å². The summed E-state index contributed by atoms with van der Waals surface area (Å²) < 4.78 is 2.34. The zero-order valence-electron chi connectivity index (χ0n) is 11.5. The first-order valence-electron chi connectivity index (χ1n) is 7.29. The van der Waals surface area contributed by atoms with Crippen molar-refractivity contribution < 1.29 is 0 Å². The summed E-state index contributed by atoms with van der Waals surface area (Å²) in [6.45, 7) is 0. The topological polar surface area (TPSA) is 17.3 Å². The molecule has 3 rings (SSSR count). The summed E-state index contributed by atoms with van der Waals surface area (Å²) in [7, 11) is 0. The van der Waals surface area contributed by atoms with Gasteiger partial charge in [0, 0.05) is 30.2 Å². The van der Waals surface area contributed by atoms with Crippen LogP contribution < -0.4 is 0 Å². The van der Waals surface area contributed by atoms with Crippen LogP contribution in [0.25, 0.3) is 0 Å². The molecule has 0 atom stereocenters. The lowest BCUT2D eigenvalue weighted by Crippen LogP contribution is -2.10. The highest BCUT2D eigenvalue weighted by atomic mass is 35.5. The SMILES string of the molecule is Clc1ccccc1N=Cc1ccn(C2CCCCC2)c1. The molecule has 20 heavy (non-hydrogen) atoms. The standard InChI is InChI=1S/C17H19ClN2/c18-16-8-4-5-9-17(16)19-12-14-10-11-20(13-14)15-6-2-1-3-7-15/h4-5,8-13,15H,1-3,6-7H2. The number of hydrogen-bond donors (Lipinski definition) is 0. The summed E-state index contributed by atoms with van der Waals surface area (Å²) in [5, 5.41) is 0.690. The van der Waals surface area contributed by atoms with E-state index in [1.807, 2.05) is 30.5 Å². The van der Waals surface area contributed by atoms with E-state index in [9.17, 15) is 0 Å². The molecule has 104 valence electrons. The minimum atomic E-state index is 0.672. The maximum atomic E-state index is 6.10. The molecular formula is C17H19ClN2. The molecule has 0 saturated heterocycles. The third kappa shape index (κ3) is 3.13. The quantitative estimate of drug-likeness (QED) is 0.673. The largest absolute Gasteiger partial charge is 0.351 e. The van der Waals surface area contributed by atoms with Gasteiger partial charge in [-0.1, -0.05) is 43.0 Å². The summed E-state index contributed by atoms with van der Waals surface area (Å²) in [5.41, 5.74) is 1.95. The fourth-order valence-corrected chi connectivity index (χ4v) is 3.00. The van der Waals surface area contributed by atoms with Gasteiger partial charge < -0.3 is 4.57 Å². The van der Waals surface area contributed by atoms with Gasteiger partial charge in [0.15, 0.2) is 0 Å². The smallest absolute Gasteiger partial charge is 0.0816 e. The summed E-state index contributed by atoms with van der Waals surface area (Å²) in [6, 6.07) is 10.5. The van der Waals surface area contributed by atoms with Gasteiger partial charge in [0.1, 0.15) is 0 Å². The van der Waals surface area contributed by atoms with Crippen LogP contribution in [0.3, 0.4) is 0 Å². The first-order chi connectivity index (χ1) is 9.83. The van der Waals surface area contributed by atoms with E-state index >= 15 is 0 Å². The van der Waals surface area contributed by atoms with Gasteiger partial charge in [-0.2, -0.15) is 0 Å². The number of para-hydroxylation sites is 1. The molecule has 1 aliphatic carbocycles. The Kier molecular flexibility index (Phi) is 4.22. The van der Waals surface area contributed by atoms with Gasteiger partial charge in [-0.15, -0.1) is 0 Å². The lowest BCUT2D eigenvalue weighted by molar-refractivity contribution is 0.354. The van der Waals surface area contributed by atoms with Crippen molar-refractivity contribution in [3.63, 3.8) is 0 Å². The number of rotatable bonds is 3. The maximum absolute atomic E-state index is 6.10. The predicted molar refractivity (Wildman–Crippen MR) is 85.3 cm³/mol. The van der Waals surface area contributed by atoms with Crippen molar-refractivity contribution in [2.24, 2.45) is 4.99 Å². The van der Waals surface area contributed by atoms with Crippen molar-refractivity contribution in [1.82, 2.24) is 4.57 Å². The van der Waals surface area contributed by atoms with Crippen molar-refractivity contribution in [2.75, 3.05) is 0 Å². The molecule has 0 bridgehead atoms. The van der Waals surface area contributed by atoms with Crippen LogP contribution in [0.4, 0.5) is 5.69 Å². The Morgan fingerprint density at radius 3 is 2.70 bits per heavy atom. The Balaban J connectivity index is 1.72. The fraction of sp³-hybridized carbons (Fsp3) is 0.353. The normalized spacial score (nSPS) is 16.9. The van der Waals surface area contributed by atoms with Crippen LogP contribution in [0.15, 0.2) is 47.7 Å². The molecule has 1 heterocycles. The number of benzene rings is 1. The molecule has 0 aliphatic heterocycles. The van der Waals surface area contributed by atoms with Gasteiger partial charge in [-0.3, -0.25) is 4.99 Å². The summed E-state index contributed by atoms with van der Waals surface area (Å²) in [6.07, 6.45) is 12.9. The lowest BCUT2D eigenvalue weighted by atomic mass is 9.95. The third-order valence-corrected chi connectivity index (χ3v) is 4.26. The van der Waals surface area contributed by atoms with E-state index in [-0.39, 0.29) is 0 Å². The Bertz CT molecular complexity index is 595. The summed E-state index contributed by atoms with van der Waals surface area (Å²) >= 11 is 6.10. The predicted octanol–water partition coefficient (Wildman–Crippen LogP) is 5.40. The van der Waals surface area contributed by atoms with Crippen LogP contribution in [0.5, 0.6) is 0 Å². The molecule has 0 N–H and O–H groups in total. The van der Waals surface area contributed by atoms with Crippen LogP contribution in [-0.4, -0.2) is 10.8 Å². The second-order valence-corrected chi connectivity index (χ2v) is 5.80. The molecule has 2 aromatic rings. The van der Waals surface area contributed by atoms with Crippen LogP contribution in [0.1, 0.15) is 43.7 Å². The van der Waals surface area contributed by atoms with Crippen molar-refractivity contribution in [2.45, 2.75) is 38.1 Å². The van der Waals surface area contributed by atoms with Crippen LogP contribution >= 0.6 is 11.6 Å². The minimum absolute atomic E-state index is 0.672. The average molecular weight is 287 g/mol. The van der Waals surface area contributed by atoms with Crippen molar-refractivity contribution in [1.29, 1.82) is 0 Å². The molecule has 0 radical (unpaired) electrons. The number of halogens is 1. The Morgan fingerprint density at radius 2 is 1.90 bits per heavy atom. The molecular weight excluding hydrogens is 268 g/mol. The number of aliphatic imine (C=N–C) groups is 1. The summed E-state index contributed by atoms with van der Waals surface area (Å²) in [5.74, 6) is 0. The third-order valence-electron chi connectivity index (χ3n) is 3.94. The highest BCUT2D eigenvalue weighted by molar-refractivity contribution is 6.33. The molecule has 1 aromatic carbocycles. The lowest BCUT2D eigenvalue weighted by Gasteiger charge is -2.23. The second-order valence-electron chi connectivity index (χ2n) is 5.39. The van der Waals surface area contributed by atoms with Crippen LogP contribution in [0.2, 0.25) is 5.02 Å². The molecule has 1 aromatic heterocycles. The number of hydrogen-bond acceptors (Lipinski definition) is 1. The van der Waals surface area contributed by atoms with Gasteiger partial charge in [0.25, 0.3) is 0 Å². The maximum Gasteiger partial charge on any atom is 0.0816 e. The van der Waals surface area contributed by atoms with Crippen molar-refractivity contribution in [3.05, 3.63) is 53.3 Å². The van der Waals surface area contributed by atoms with E-state index < -0.39 is 0 Å². The number of aromatic nitrogens is 1. The molecule has 1 fully saturated rings. The zero-order valence-corrected chi connectivity index (χ0v) is 12.3. The van der Waals surface area contributed by atoms with E-state index in [1.165, 1.54) is 32.1 Å². The highest BCUT2D eigenvalue weighted by Crippen LogP contribution is 2.28. The molecule has 1 aliphatic rings. The van der Waals surface area contributed by atoms with Gasteiger partial charge in [0.2, 0.25) is 0 Å². The van der Waals surface area contributed by atoms with Crippen molar-refractivity contribution >= 4 is 23.5 Å². The Morgan fingerprint density at radius 1 is 1.10 bits per heavy atom. The molecule has 3 heteroatoms. The summed E-state index contributed by atoms with van der Waals surface area (Å²) in [4.78, 5) is 4.46. The molecule has 0 amide bonds. The molecule has 0 spiro atoms. The monoisotopic (exact) mass is 286 g/mol. The van der Waals surface area contributed by atoms with Gasteiger partial charge in [-0.25, -0.2) is 0 Å². The number of nitrogens with zero attached hydrogens (tertiary/aromatic N) is 2. The Labute approximate surface area is 125 Å². The molecule has 0 unspecified atom stereocenters. The fourth-order valence-electron chi connectivity index (χ4n) is 2.81. The van der Waals surface area contributed by atoms with Gasteiger partial charge in [0.05, 0.1) is 10.7 Å².